The fourth-order valence-electron chi connectivity index (χ4n) is 2.41. The maximum absolute atomic E-state index is 4.22. The zero-order valence-corrected chi connectivity index (χ0v) is 12.3. The molecule has 0 saturated carbocycles. The number of nitrogens with zero attached hydrogens (tertiary/aromatic N) is 1. The van der Waals surface area contributed by atoms with Crippen LogP contribution >= 0.6 is 15.9 Å². The zero-order chi connectivity index (χ0) is 13.2. The van der Waals surface area contributed by atoms with Gasteiger partial charge in [0.15, 0.2) is 0 Å². The Morgan fingerprint density at radius 3 is 2.42 bits per heavy atom. The second-order valence-corrected chi connectivity index (χ2v) is 5.89. The second-order valence-electron chi connectivity index (χ2n) is 4.98. The van der Waals surface area contributed by atoms with Crippen LogP contribution in [0.4, 0.5) is 0 Å². The molecule has 1 fully saturated rings. The first-order valence-corrected chi connectivity index (χ1v) is 7.20. The number of hydrogen-bond donors (Lipinski definition) is 2. The van der Waals surface area contributed by atoms with Crippen LogP contribution < -0.4 is 10.9 Å². The van der Waals surface area contributed by atoms with E-state index in [9.17, 15) is 0 Å². The highest BCUT2D eigenvalue weighted by Gasteiger charge is 2.26. The van der Waals surface area contributed by atoms with E-state index in [0.29, 0.717) is 12.1 Å². The molecule has 0 aliphatic carbocycles. The van der Waals surface area contributed by atoms with Gasteiger partial charge in [-0.15, -0.1) is 0 Å². The largest absolute Gasteiger partial charge is 0.263 e. The molecule has 2 aromatic rings. The fraction of sp³-hybridized carbons (Fsp3) is 0.267. The van der Waals surface area contributed by atoms with E-state index >= 15 is 0 Å². The molecule has 1 aromatic carbocycles. The quantitative estimate of drug-likeness (QED) is 0.891. The second kappa shape index (κ2) is 5.41. The Bertz CT molecular complexity index is 568. The van der Waals surface area contributed by atoms with Crippen LogP contribution in [0.1, 0.15) is 35.2 Å². The molecular formula is C15H16BrN3. The number of rotatable bonds is 2. The smallest absolute Gasteiger partial charge is 0.0496 e. The van der Waals surface area contributed by atoms with Gasteiger partial charge in [-0.2, -0.15) is 0 Å². The predicted molar refractivity (Wildman–Crippen MR) is 79.5 cm³/mol. The summed E-state index contributed by atoms with van der Waals surface area (Å²) in [5, 5.41) is 0. The summed E-state index contributed by atoms with van der Waals surface area (Å²) in [7, 11) is 0. The highest BCUT2D eigenvalue weighted by Crippen LogP contribution is 2.31. The van der Waals surface area contributed by atoms with Crippen molar-refractivity contribution in [3.63, 3.8) is 0 Å². The van der Waals surface area contributed by atoms with Crippen LogP contribution in [0.3, 0.4) is 0 Å². The van der Waals surface area contributed by atoms with Gasteiger partial charge in [0.25, 0.3) is 0 Å². The monoisotopic (exact) mass is 317 g/mol. The summed E-state index contributed by atoms with van der Waals surface area (Å²) in [6.45, 7) is 2.11. The Labute approximate surface area is 121 Å². The number of hydrogen-bond acceptors (Lipinski definition) is 3. The third kappa shape index (κ3) is 2.86. The highest BCUT2D eigenvalue weighted by atomic mass is 79.9. The molecule has 0 spiro atoms. The average Bonchev–Trinajstić information content (AvgIpc) is 2.89. The van der Waals surface area contributed by atoms with Gasteiger partial charge in [-0.3, -0.25) is 4.98 Å². The summed E-state index contributed by atoms with van der Waals surface area (Å²) in [5.41, 5.74) is 10.5. The highest BCUT2D eigenvalue weighted by molar-refractivity contribution is 9.10. The normalized spacial score (nSPS) is 22.6. The van der Waals surface area contributed by atoms with Gasteiger partial charge in [0.1, 0.15) is 0 Å². The lowest BCUT2D eigenvalue weighted by molar-refractivity contribution is 0.554. The van der Waals surface area contributed by atoms with E-state index in [0.717, 1.165) is 10.9 Å². The lowest BCUT2D eigenvalue weighted by Crippen LogP contribution is -2.26. The van der Waals surface area contributed by atoms with Crippen molar-refractivity contribution in [3.8, 4) is 0 Å². The van der Waals surface area contributed by atoms with Gasteiger partial charge in [-0.25, -0.2) is 10.9 Å². The van der Waals surface area contributed by atoms with Crippen LogP contribution in [-0.2, 0) is 0 Å². The molecule has 2 heterocycles. The number of benzene rings is 1. The molecule has 3 rings (SSSR count). The Kier molecular flexibility index (Phi) is 3.64. The first-order valence-electron chi connectivity index (χ1n) is 6.40. The van der Waals surface area contributed by atoms with Crippen molar-refractivity contribution in [1.82, 2.24) is 15.8 Å². The number of halogens is 1. The third-order valence-corrected chi connectivity index (χ3v) is 3.94. The standard InChI is InChI=1S/C15H16BrN3/c1-10-2-4-11(5-3-10)14-7-15(19-18-14)12-6-13(16)9-17-8-12/h2-6,8-9,14-15,18-19H,7H2,1H3. The van der Waals surface area contributed by atoms with Gasteiger partial charge >= 0.3 is 0 Å². The topological polar surface area (TPSA) is 37.0 Å². The molecule has 4 heteroatoms. The third-order valence-electron chi connectivity index (χ3n) is 3.51. The number of hydrazine groups is 1. The van der Waals surface area contributed by atoms with Crippen LogP contribution in [0.2, 0.25) is 0 Å². The summed E-state index contributed by atoms with van der Waals surface area (Å²) in [6.07, 6.45) is 4.76. The summed E-state index contributed by atoms with van der Waals surface area (Å²) in [4.78, 5) is 4.22. The minimum Gasteiger partial charge on any atom is -0.263 e. The van der Waals surface area contributed by atoms with E-state index in [1.165, 1.54) is 16.7 Å². The molecule has 0 amide bonds. The molecular weight excluding hydrogens is 302 g/mol. The van der Waals surface area contributed by atoms with Crippen LogP contribution in [0, 0.1) is 6.92 Å². The van der Waals surface area contributed by atoms with Crippen LogP contribution in [0.15, 0.2) is 47.2 Å². The van der Waals surface area contributed by atoms with E-state index in [4.69, 9.17) is 0 Å². The Hall–Kier alpha value is -1.23. The fourth-order valence-corrected chi connectivity index (χ4v) is 2.79. The average molecular weight is 318 g/mol. The Morgan fingerprint density at radius 1 is 1.05 bits per heavy atom. The number of nitrogens with one attached hydrogen (secondary N) is 2. The van der Waals surface area contributed by atoms with Gasteiger partial charge in [0.2, 0.25) is 0 Å². The van der Waals surface area contributed by atoms with Crippen LogP contribution in [-0.4, -0.2) is 4.98 Å². The molecule has 0 bridgehead atoms. The molecule has 1 aromatic heterocycles. The molecule has 1 saturated heterocycles. The van der Waals surface area contributed by atoms with E-state index in [1.54, 1.807) is 0 Å². The predicted octanol–water partition coefficient (Wildman–Crippen LogP) is 3.43. The maximum Gasteiger partial charge on any atom is 0.0496 e. The number of aryl methyl sites for hydroxylation is 1. The SMILES string of the molecule is Cc1ccc(C2CC(c3cncc(Br)c3)NN2)cc1. The van der Waals surface area contributed by atoms with E-state index in [1.807, 2.05) is 12.4 Å². The van der Waals surface area contributed by atoms with Gasteiger partial charge in [-0.1, -0.05) is 29.8 Å². The Morgan fingerprint density at radius 2 is 1.74 bits per heavy atom. The first-order chi connectivity index (χ1) is 9.22. The molecule has 2 atom stereocenters. The minimum atomic E-state index is 0.302. The lowest BCUT2D eigenvalue weighted by Gasteiger charge is -2.10. The van der Waals surface area contributed by atoms with Gasteiger partial charge in [0, 0.05) is 29.0 Å². The molecule has 0 radical (unpaired) electrons. The van der Waals surface area contributed by atoms with E-state index in [-0.39, 0.29) is 0 Å². The Balaban J connectivity index is 1.75. The maximum atomic E-state index is 4.22. The molecule has 1 aliphatic rings. The summed E-state index contributed by atoms with van der Waals surface area (Å²) >= 11 is 3.47. The number of pyridine rings is 1. The van der Waals surface area contributed by atoms with Crippen molar-refractivity contribution in [2.75, 3.05) is 0 Å². The van der Waals surface area contributed by atoms with Crippen molar-refractivity contribution in [2.45, 2.75) is 25.4 Å². The van der Waals surface area contributed by atoms with Crippen molar-refractivity contribution >= 4 is 15.9 Å². The van der Waals surface area contributed by atoms with Crippen molar-refractivity contribution < 1.29 is 0 Å². The molecule has 3 nitrogen and oxygen atoms in total. The zero-order valence-electron chi connectivity index (χ0n) is 10.7. The van der Waals surface area contributed by atoms with Crippen LogP contribution in [0.25, 0.3) is 0 Å². The molecule has 98 valence electrons. The molecule has 2 N–H and O–H groups in total. The van der Waals surface area contributed by atoms with Gasteiger partial charge in [0.05, 0.1) is 0 Å². The summed E-state index contributed by atoms with van der Waals surface area (Å²) < 4.78 is 1.02. The van der Waals surface area contributed by atoms with E-state index in [2.05, 4.69) is 69.0 Å². The molecule has 2 unspecified atom stereocenters. The summed E-state index contributed by atoms with van der Waals surface area (Å²) in [6, 6.07) is 11.5. The van der Waals surface area contributed by atoms with E-state index < -0.39 is 0 Å². The van der Waals surface area contributed by atoms with Crippen LogP contribution in [0.5, 0.6) is 0 Å². The molecule has 19 heavy (non-hydrogen) atoms. The number of aromatic nitrogens is 1. The van der Waals surface area contributed by atoms with Crippen molar-refractivity contribution in [3.05, 3.63) is 63.9 Å². The lowest BCUT2D eigenvalue weighted by atomic mass is 9.98. The first kappa shape index (κ1) is 12.8. The van der Waals surface area contributed by atoms with Gasteiger partial charge in [-0.05, 0) is 46.5 Å². The van der Waals surface area contributed by atoms with Crippen molar-refractivity contribution in [1.29, 1.82) is 0 Å². The van der Waals surface area contributed by atoms with Gasteiger partial charge < -0.3 is 0 Å². The molecule has 1 aliphatic heterocycles. The summed E-state index contributed by atoms with van der Waals surface area (Å²) in [5.74, 6) is 0. The van der Waals surface area contributed by atoms with Crippen molar-refractivity contribution in [2.24, 2.45) is 0 Å². The minimum absolute atomic E-state index is 0.302.